The second-order valence-electron chi connectivity index (χ2n) is 14.9. The van der Waals surface area contributed by atoms with Gasteiger partial charge in [0, 0.05) is 54.4 Å². The number of hydrogen-bond donors (Lipinski definition) is 2. The molecule has 11 nitrogen and oxygen atoms in total. The van der Waals surface area contributed by atoms with Crippen molar-refractivity contribution in [3.05, 3.63) is 124 Å². The van der Waals surface area contributed by atoms with Crippen molar-refractivity contribution in [3.8, 4) is 23.0 Å². The first-order valence-corrected chi connectivity index (χ1v) is 19.0. The summed E-state index contributed by atoms with van der Waals surface area (Å²) in [4.78, 5) is 36.3. The summed E-state index contributed by atoms with van der Waals surface area (Å²) in [5.41, 5.74) is 9.19. The van der Waals surface area contributed by atoms with E-state index >= 15 is 0 Å². The number of aliphatic imine (C=N–C) groups is 1. The molecular formula is C45H43N5O6. The van der Waals surface area contributed by atoms with Crippen LogP contribution in [-0.2, 0) is 26.1 Å². The molecule has 0 saturated carbocycles. The van der Waals surface area contributed by atoms with Crippen molar-refractivity contribution in [2.24, 2.45) is 4.99 Å². The van der Waals surface area contributed by atoms with E-state index in [4.69, 9.17) is 23.9 Å². The Bertz CT molecular complexity index is 2410. The Labute approximate surface area is 325 Å². The lowest BCUT2D eigenvalue weighted by atomic mass is 10.1. The molecule has 0 radical (unpaired) electrons. The summed E-state index contributed by atoms with van der Waals surface area (Å²) >= 11 is 0. The van der Waals surface area contributed by atoms with Crippen LogP contribution in [0.1, 0.15) is 56.8 Å². The van der Waals surface area contributed by atoms with Crippen LogP contribution in [0.15, 0.2) is 96.0 Å². The van der Waals surface area contributed by atoms with Crippen molar-refractivity contribution in [3.63, 3.8) is 0 Å². The van der Waals surface area contributed by atoms with Crippen LogP contribution in [0.4, 0.5) is 28.4 Å². The zero-order chi connectivity index (χ0) is 38.5. The zero-order valence-electron chi connectivity index (χ0n) is 31.8. The zero-order valence-corrected chi connectivity index (χ0v) is 31.8. The summed E-state index contributed by atoms with van der Waals surface area (Å²) in [5.74, 6) is 1.77. The molecule has 0 fully saturated rings. The van der Waals surface area contributed by atoms with Crippen molar-refractivity contribution >= 4 is 46.5 Å². The number of methoxy groups -OCH3 is 2. The molecule has 284 valence electrons. The summed E-state index contributed by atoms with van der Waals surface area (Å²) < 4.78 is 24.3. The molecule has 5 aromatic carbocycles. The van der Waals surface area contributed by atoms with Gasteiger partial charge in [0.05, 0.1) is 48.8 Å². The van der Waals surface area contributed by atoms with E-state index in [2.05, 4.69) is 48.7 Å². The molecule has 4 heterocycles. The fraction of sp³-hybridized carbons (Fsp3) is 0.267. The number of amides is 2. The quantitative estimate of drug-likeness (QED) is 0.148. The highest BCUT2D eigenvalue weighted by molar-refractivity contribution is 6.15. The van der Waals surface area contributed by atoms with E-state index in [0.29, 0.717) is 52.0 Å². The maximum atomic E-state index is 13.9. The van der Waals surface area contributed by atoms with Crippen LogP contribution in [0.25, 0.3) is 0 Å². The van der Waals surface area contributed by atoms with Crippen LogP contribution >= 0.6 is 0 Å². The molecule has 2 atom stereocenters. The first-order valence-electron chi connectivity index (χ1n) is 19.0. The number of fused-ring (bicyclic) bond motifs is 8. The van der Waals surface area contributed by atoms with E-state index in [0.717, 1.165) is 46.6 Å². The number of para-hydroxylation sites is 2. The lowest BCUT2D eigenvalue weighted by molar-refractivity contribution is 0.0976. The highest BCUT2D eigenvalue weighted by Crippen LogP contribution is 2.43. The molecule has 11 heteroatoms. The van der Waals surface area contributed by atoms with Crippen molar-refractivity contribution in [2.45, 2.75) is 58.0 Å². The summed E-state index contributed by atoms with van der Waals surface area (Å²) in [5, 5.41) is 7.02. The van der Waals surface area contributed by atoms with Crippen molar-refractivity contribution in [2.75, 3.05) is 41.2 Å². The van der Waals surface area contributed by atoms with E-state index in [1.807, 2.05) is 64.5 Å². The van der Waals surface area contributed by atoms with E-state index in [-0.39, 0.29) is 43.2 Å². The maximum absolute atomic E-state index is 13.9. The Balaban J connectivity index is 0.950. The van der Waals surface area contributed by atoms with Gasteiger partial charge in [-0.3, -0.25) is 19.5 Å². The normalized spacial score (nSPS) is 17.4. The Morgan fingerprint density at radius 2 is 1.34 bits per heavy atom. The molecule has 2 N–H and O–H groups in total. The molecule has 4 aliphatic heterocycles. The minimum Gasteiger partial charge on any atom is -0.493 e. The molecule has 56 heavy (non-hydrogen) atoms. The third-order valence-electron chi connectivity index (χ3n) is 10.8. The van der Waals surface area contributed by atoms with E-state index < -0.39 is 0 Å². The van der Waals surface area contributed by atoms with Crippen LogP contribution in [-0.4, -0.2) is 56.9 Å². The average molecular weight is 750 g/mol. The molecule has 0 unspecified atom stereocenters. The van der Waals surface area contributed by atoms with Crippen molar-refractivity contribution in [1.29, 1.82) is 0 Å². The summed E-state index contributed by atoms with van der Waals surface area (Å²) in [6.07, 6.45) is 3.37. The van der Waals surface area contributed by atoms with Gasteiger partial charge >= 0.3 is 0 Å². The molecular weight excluding hydrogens is 707 g/mol. The van der Waals surface area contributed by atoms with Gasteiger partial charge in [0.25, 0.3) is 11.8 Å². The third-order valence-corrected chi connectivity index (χ3v) is 10.8. The van der Waals surface area contributed by atoms with Gasteiger partial charge < -0.3 is 34.5 Å². The summed E-state index contributed by atoms with van der Waals surface area (Å²) in [6.45, 7) is 5.26. The standard InChI is InChI=1S/C45H43N5O6/c1-26(2)48-31-14-27(24-55-42-20-36-34(18-40(42)53-3)44(51)49-32(22-46-36)16-29-9-5-7-11-38(29)49)13-28(15-31)25-56-43-21-37-35(19-41(43)54-4)45(52)50-33(23-47-37)17-30-10-6-8-12-39(30)50/h5-15,18-22,26,32-33,47-48H,16-17,23-25H2,1-4H3/t32-,33-/m0/s1. The lowest BCUT2D eigenvalue weighted by Gasteiger charge is -2.22. The number of hydrogen-bond acceptors (Lipinski definition) is 9. The highest BCUT2D eigenvalue weighted by atomic mass is 16.5. The van der Waals surface area contributed by atoms with Gasteiger partial charge in [-0.05, 0) is 85.0 Å². The number of rotatable bonds is 10. The van der Waals surface area contributed by atoms with Crippen LogP contribution in [0, 0.1) is 0 Å². The van der Waals surface area contributed by atoms with E-state index in [9.17, 15) is 9.59 Å². The number of benzene rings is 5. The number of nitrogens with one attached hydrogen (secondary N) is 2. The second kappa shape index (κ2) is 14.3. The van der Waals surface area contributed by atoms with Crippen LogP contribution in [0.5, 0.6) is 23.0 Å². The van der Waals surface area contributed by atoms with Gasteiger partial charge in [-0.25, -0.2) is 0 Å². The Morgan fingerprint density at radius 1 is 0.732 bits per heavy atom. The number of carbonyl (C=O) groups is 2. The molecule has 0 spiro atoms. The smallest absolute Gasteiger partial charge is 0.261 e. The molecule has 0 aromatic heterocycles. The number of carbonyl (C=O) groups excluding carboxylic acids is 2. The SMILES string of the molecule is COc1cc2c(cc1OCc1cc(COc3cc4c(cc3OC)C(=O)N3c5ccccc5C[C@H]3CN4)cc(NC(C)C)c1)N=C[C@@H]1Cc3ccccc3N1C2=O. The lowest BCUT2D eigenvalue weighted by Crippen LogP contribution is -2.39. The van der Waals surface area contributed by atoms with Crippen LogP contribution < -0.4 is 39.4 Å². The first-order chi connectivity index (χ1) is 27.3. The maximum Gasteiger partial charge on any atom is 0.261 e. The van der Waals surface area contributed by atoms with Crippen LogP contribution in [0.3, 0.4) is 0 Å². The largest absolute Gasteiger partial charge is 0.493 e. The molecule has 9 rings (SSSR count). The average Bonchev–Trinajstić information content (AvgIpc) is 3.69. The van der Waals surface area contributed by atoms with E-state index in [1.54, 1.807) is 32.4 Å². The summed E-state index contributed by atoms with van der Waals surface area (Å²) in [6, 6.07) is 29.4. The number of nitrogens with zero attached hydrogens (tertiary/aromatic N) is 3. The van der Waals surface area contributed by atoms with Gasteiger partial charge in [-0.15, -0.1) is 0 Å². The molecule has 0 aliphatic carbocycles. The Hall–Kier alpha value is -6.49. The second-order valence-corrected chi connectivity index (χ2v) is 14.9. The van der Waals surface area contributed by atoms with Gasteiger partial charge in [-0.1, -0.05) is 36.4 Å². The molecule has 2 amide bonds. The molecule has 0 saturated heterocycles. The first kappa shape index (κ1) is 35.2. The molecule has 0 bridgehead atoms. The molecule has 4 aliphatic rings. The number of anilines is 4. The van der Waals surface area contributed by atoms with Crippen molar-refractivity contribution in [1.82, 2.24) is 0 Å². The van der Waals surface area contributed by atoms with Gasteiger partial charge in [0.15, 0.2) is 23.0 Å². The summed E-state index contributed by atoms with van der Waals surface area (Å²) in [7, 11) is 3.15. The predicted molar refractivity (Wildman–Crippen MR) is 218 cm³/mol. The van der Waals surface area contributed by atoms with E-state index in [1.165, 1.54) is 5.56 Å². The molecule has 5 aromatic rings. The minimum absolute atomic E-state index is 0.0244. The van der Waals surface area contributed by atoms with Gasteiger partial charge in [-0.2, -0.15) is 0 Å². The monoisotopic (exact) mass is 749 g/mol. The number of ether oxygens (including phenoxy) is 4. The topological polar surface area (TPSA) is 114 Å². The predicted octanol–water partition coefficient (Wildman–Crippen LogP) is 7.97. The Morgan fingerprint density at radius 3 is 2.02 bits per heavy atom. The third kappa shape index (κ3) is 6.32. The van der Waals surface area contributed by atoms with Gasteiger partial charge in [0.2, 0.25) is 0 Å². The Kier molecular flexibility index (Phi) is 8.99. The van der Waals surface area contributed by atoms with Crippen molar-refractivity contribution < 1.29 is 28.5 Å². The minimum atomic E-state index is -0.153. The fourth-order valence-electron chi connectivity index (χ4n) is 8.27. The van der Waals surface area contributed by atoms with Gasteiger partial charge in [0.1, 0.15) is 13.2 Å². The fourth-order valence-corrected chi connectivity index (χ4v) is 8.27. The van der Waals surface area contributed by atoms with Crippen LogP contribution in [0.2, 0.25) is 0 Å². The highest BCUT2D eigenvalue weighted by Gasteiger charge is 2.38.